The SMILES string of the molecule is COC(=O)C1Cc2cc(OC)c(OC)cc2CN1C(=O)CCCc1cc(OC)ccc1OC. The van der Waals surface area contributed by atoms with E-state index >= 15 is 0 Å². The van der Waals surface area contributed by atoms with Crippen molar-refractivity contribution in [2.45, 2.75) is 38.3 Å². The third-order valence-electron chi connectivity index (χ3n) is 5.95. The molecule has 1 aliphatic rings. The predicted octanol–water partition coefficient (Wildman–Crippen LogP) is 3.17. The summed E-state index contributed by atoms with van der Waals surface area (Å²) < 4.78 is 26.5. The van der Waals surface area contributed by atoms with Gasteiger partial charge in [-0.3, -0.25) is 4.79 Å². The first-order chi connectivity index (χ1) is 15.9. The molecule has 3 rings (SSSR count). The van der Waals surface area contributed by atoms with Crippen LogP contribution in [0.1, 0.15) is 29.5 Å². The maximum Gasteiger partial charge on any atom is 0.328 e. The average molecular weight is 458 g/mol. The van der Waals surface area contributed by atoms with Crippen molar-refractivity contribution in [3.63, 3.8) is 0 Å². The smallest absolute Gasteiger partial charge is 0.328 e. The largest absolute Gasteiger partial charge is 0.497 e. The molecule has 1 heterocycles. The maximum atomic E-state index is 13.2. The Bertz CT molecular complexity index is 1000. The number of methoxy groups -OCH3 is 5. The number of nitrogens with zero attached hydrogens (tertiary/aromatic N) is 1. The molecular weight excluding hydrogens is 426 g/mol. The third-order valence-corrected chi connectivity index (χ3v) is 5.95. The Hall–Kier alpha value is -3.42. The molecule has 0 bridgehead atoms. The number of rotatable bonds is 9. The lowest BCUT2D eigenvalue weighted by atomic mass is 9.92. The van der Waals surface area contributed by atoms with Crippen LogP contribution in [0.15, 0.2) is 30.3 Å². The van der Waals surface area contributed by atoms with Gasteiger partial charge in [0.2, 0.25) is 5.91 Å². The number of esters is 1. The molecule has 0 aliphatic carbocycles. The van der Waals surface area contributed by atoms with Gasteiger partial charge in [0.25, 0.3) is 0 Å². The maximum absolute atomic E-state index is 13.2. The molecule has 8 heteroatoms. The summed E-state index contributed by atoms with van der Waals surface area (Å²) in [4.78, 5) is 27.3. The van der Waals surface area contributed by atoms with E-state index in [-0.39, 0.29) is 12.3 Å². The van der Waals surface area contributed by atoms with Crippen molar-refractivity contribution < 1.29 is 33.3 Å². The monoisotopic (exact) mass is 457 g/mol. The Morgan fingerprint density at radius 2 is 1.55 bits per heavy atom. The second-order valence-corrected chi connectivity index (χ2v) is 7.77. The highest BCUT2D eigenvalue weighted by atomic mass is 16.5. The van der Waals surface area contributed by atoms with Gasteiger partial charge in [-0.15, -0.1) is 0 Å². The highest BCUT2D eigenvalue weighted by Crippen LogP contribution is 2.35. The Balaban J connectivity index is 1.76. The lowest BCUT2D eigenvalue weighted by Crippen LogP contribution is -2.49. The Morgan fingerprint density at radius 3 is 2.15 bits per heavy atom. The lowest BCUT2D eigenvalue weighted by Gasteiger charge is -2.35. The molecule has 2 aromatic carbocycles. The van der Waals surface area contributed by atoms with Crippen molar-refractivity contribution in [1.29, 1.82) is 0 Å². The quantitative estimate of drug-likeness (QED) is 0.535. The molecule has 0 aromatic heterocycles. The van der Waals surface area contributed by atoms with Crippen LogP contribution < -0.4 is 18.9 Å². The van der Waals surface area contributed by atoms with E-state index < -0.39 is 12.0 Å². The van der Waals surface area contributed by atoms with Gasteiger partial charge in [-0.1, -0.05) is 0 Å². The van der Waals surface area contributed by atoms with E-state index in [1.54, 1.807) is 33.3 Å². The number of fused-ring (bicyclic) bond motifs is 1. The fourth-order valence-electron chi connectivity index (χ4n) is 4.17. The average Bonchev–Trinajstić information content (AvgIpc) is 2.86. The van der Waals surface area contributed by atoms with Crippen LogP contribution in [-0.2, 0) is 33.7 Å². The number of ether oxygens (including phenoxy) is 5. The molecule has 1 unspecified atom stereocenters. The number of benzene rings is 2. The van der Waals surface area contributed by atoms with Crippen molar-refractivity contribution in [2.24, 2.45) is 0 Å². The Kier molecular flexibility index (Phi) is 8.03. The molecule has 1 atom stereocenters. The molecule has 8 nitrogen and oxygen atoms in total. The van der Waals surface area contributed by atoms with Crippen LogP contribution in [0.3, 0.4) is 0 Å². The zero-order valence-corrected chi connectivity index (χ0v) is 19.8. The van der Waals surface area contributed by atoms with E-state index in [2.05, 4.69) is 0 Å². The van der Waals surface area contributed by atoms with E-state index in [0.29, 0.717) is 37.3 Å². The summed E-state index contributed by atoms with van der Waals surface area (Å²) in [5, 5.41) is 0. The van der Waals surface area contributed by atoms with Gasteiger partial charge >= 0.3 is 5.97 Å². The summed E-state index contributed by atoms with van der Waals surface area (Å²) in [7, 11) is 7.70. The van der Waals surface area contributed by atoms with E-state index in [1.807, 2.05) is 30.3 Å². The molecule has 178 valence electrons. The molecule has 0 saturated carbocycles. The first kappa shape index (κ1) is 24.2. The topological polar surface area (TPSA) is 83.5 Å². The van der Waals surface area contributed by atoms with Crippen LogP contribution >= 0.6 is 0 Å². The molecule has 1 amide bonds. The summed E-state index contributed by atoms with van der Waals surface area (Å²) in [6, 6.07) is 8.65. The molecule has 0 saturated heterocycles. The number of carbonyl (C=O) groups is 2. The Labute approximate surface area is 194 Å². The highest BCUT2D eigenvalue weighted by molar-refractivity contribution is 5.85. The van der Waals surface area contributed by atoms with Crippen molar-refractivity contribution in [1.82, 2.24) is 4.90 Å². The normalized spacial score (nSPS) is 14.8. The number of hydrogen-bond acceptors (Lipinski definition) is 7. The van der Waals surface area contributed by atoms with E-state index in [1.165, 1.54) is 7.11 Å². The molecule has 1 aliphatic heterocycles. The van der Waals surface area contributed by atoms with E-state index in [9.17, 15) is 9.59 Å². The molecule has 33 heavy (non-hydrogen) atoms. The first-order valence-electron chi connectivity index (χ1n) is 10.8. The van der Waals surface area contributed by atoms with Gasteiger partial charge in [0, 0.05) is 19.4 Å². The number of hydrogen-bond donors (Lipinski definition) is 0. The highest BCUT2D eigenvalue weighted by Gasteiger charge is 2.35. The van der Waals surface area contributed by atoms with Crippen molar-refractivity contribution in [3.8, 4) is 23.0 Å². The van der Waals surface area contributed by atoms with E-state index in [0.717, 1.165) is 28.2 Å². The summed E-state index contributed by atoms with van der Waals surface area (Å²) in [6.45, 7) is 0.302. The fraction of sp³-hybridized carbons (Fsp3) is 0.440. The molecule has 0 N–H and O–H groups in total. The third kappa shape index (κ3) is 5.32. The van der Waals surface area contributed by atoms with Crippen LogP contribution in [0.5, 0.6) is 23.0 Å². The van der Waals surface area contributed by atoms with E-state index in [4.69, 9.17) is 23.7 Å². The van der Waals surface area contributed by atoms with Crippen LogP contribution in [-0.4, -0.2) is 58.4 Å². The van der Waals surface area contributed by atoms with Crippen molar-refractivity contribution in [3.05, 3.63) is 47.0 Å². The number of carbonyl (C=O) groups excluding carboxylic acids is 2. The first-order valence-corrected chi connectivity index (χ1v) is 10.8. The van der Waals surface area contributed by atoms with Crippen LogP contribution in [0.2, 0.25) is 0 Å². The van der Waals surface area contributed by atoms with Gasteiger partial charge in [0.15, 0.2) is 11.5 Å². The molecule has 2 aromatic rings. The summed E-state index contributed by atoms with van der Waals surface area (Å²) >= 11 is 0. The molecular formula is C25H31NO7. The minimum absolute atomic E-state index is 0.104. The van der Waals surface area contributed by atoms with Crippen LogP contribution in [0.25, 0.3) is 0 Å². The minimum atomic E-state index is -0.681. The summed E-state index contributed by atoms with van der Waals surface area (Å²) in [5.41, 5.74) is 2.83. The standard InChI is InChI=1S/C25H31NO7/c1-29-19-9-10-21(30-2)16(11-19)7-6-8-24(27)26-15-18-14-23(32-4)22(31-3)13-17(18)12-20(26)25(28)33-5/h9-11,13-14,20H,6-8,12,15H2,1-5H3. The van der Waals surface area contributed by atoms with Gasteiger partial charge < -0.3 is 28.6 Å². The molecule has 0 spiro atoms. The Morgan fingerprint density at radius 1 is 0.879 bits per heavy atom. The molecule has 0 fully saturated rings. The zero-order chi connectivity index (χ0) is 24.0. The van der Waals surface area contributed by atoms with Gasteiger partial charge in [-0.25, -0.2) is 4.79 Å². The molecule has 0 radical (unpaired) electrons. The minimum Gasteiger partial charge on any atom is -0.497 e. The van der Waals surface area contributed by atoms with Gasteiger partial charge in [-0.05, 0) is 59.9 Å². The number of aryl methyl sites for hydroxylation is 1. The predicted molar refractivity (Wildman–Crippen MR) is 122 cm³/mol. The van der Waals surface area contributed by atoms with Gasteiger partial charge in [0.1, 0.15) is 17.5 Å². The number of amides is 1. The van der Waals surface area contributed by atoms with Crippen molar-refractivity contribution in [2.75, 3.05) is 35.5 Å². The van der Waals surface area contributed by atoms with Gasteiger partial charge in [-0.2, -0.15) is 0 Å². The second kappa shape index (κ2) is 10.9. The van der Waals surface area contributed by atoms with Crippen LogP contribution in [0.4, 0.5) is 0 Å². The lowest BCUT2D eigenvalue weighted by molar-refractivity contribution is -0.154. The van der Waals surface area contributed by atoms with Gasteiger partial charge in [0.05, 0.1) is 35.5 Å². The zero-order valence-electron chi connectivity index (χ0n) is 19.8. The summed E-state index contributed by atoms with van der Waals surface area (Å²) in [6.07, 6.45) is 1.89. The second-order valence-electron chi connectivity index (χ2n) is 7.77. The fourth-order valence-corrected chi connectivity index (χ4v) is 4.17. The van der Waals surface area contributed by atoms with Crippen molar-refractivity contribution >= 4 is 11.9 Å². The summed E-state index contributed by atoms with van der Waals surface area (Å²) in [5.74, 6) is 2.13. The van der Waals surface area contributed by atoms with Crippen LogP contribution in [0, 0.1) is 0 Å².